The molecule has 2 atom stereocenters. The van der Waals surface area contributed by atoms with Gasteiger partial charge in [-0.15, -0.1) is 0 Å². The second kappa shape index (κ2) is 3.73. The van der Waals surface area contributed by atoms with Crippen molar-refractivity contribution in [2.75, 3.05) is 13.1 Å². The van der Waals surface area contributed by atoms with Gasteiger partial charge in [0.25, 0.3) is 0 Å². The van der Waals surface area contributed by atoms with Crippen molar-refractivity contribution in [2.24, 2.45) is 11.8 Å². The highest BCUT2D eigenvalue weighted by atomic mass is 15.1. The predicted molar refractivity (Wildman–Crippen MR) is 57.2 cm³/mol. The molecule has 0 aromatic carbocycles. The smallest absolute Gasteiger partial charge is 0.0951 e. The summed E-state index contributed by atoms with van der Waals surface area (Å²) < 4.78 is 2.28. The van der Waals surface area contributed by atoms with Crippen molar-refractivity contribution in [3.63, 3.8) is 0 Å². The normalized spacial score (nSPS) is 27.1. The third-order valence-corrected chi connectivity index (χ3v) is 3.45. The van der Waals surface area contributed by atoms with Gasteiger partial charge in [0, 0.05) is 12.2 Å². The van der Waals surface area contributed by atoms with Crippen LogP contribution in [0.2, 0.25) is 0 Å². The highest BCUT2D eigenvalue weighted by Crippen LogP contribution is 2.19. The summed E-state index contributed by atoms with van der Waals surface area (Å²) in [6, 6.07) is 0. The van der Waals surface area contributed by atoms with Crippen molar-refractivity contribution >= 4 is 0 Å². The number of nitrogens with zero attached hydrogens (tertiary/aromatic N) is 2. The molecule has 1 aromatic rings. The van der Waals surface area contributed by atoms with Crippen molar-refractivity contribution in [1.82, 2.24) is 14.9 Å². The van der Waals surface area contributed by atoms with Crippen LogP contribution in [0, 0.1) is 25.7 Å². The lowest BCUT2D eigenvalue weighted by Gasteiger charge is -2.15. The van der Waals surface area contributed by atoms with E-state index >= 15 is 0 Å². The first-order valence-electron chi connectivity index (χ1n) is 5.37. The summed E-state index contributed by atoms with van der Waals surface area (Å²) in [4.78, 5) is 4.33. The van der Waals surface area contributed by atoms with Gasteiger partial charge in [0.2, 0.25) is 0 Å². The Morgan fingerprint density at radius 2 is 2.29 bits per heavy atom. The molecular formula is C11H19N3. The van der Waals surface area contributed by atoms with Crippen LogP contribution in [0.1, 0.15) is 18.3 Å². The van der Waals surface area contributed by atoms with E-state index in [0.717, 1.165) is 37.2 Å². The molecule has 1 aromatic heterocycles. The van der Waals surface area contributed by atoms with Crippen molar-refractivity contribution in [3.8, 4) is 0 Å². The summed E-state index contributed by atoms with van der Waals surface area (Å²) in [6.45, 7) is 9.97. The molecule has 0 spiro atoms. The maximum atomic E-state index is 4.33. The molecule has 0 unspecified atom stereocenters. The van der Waals surface area contributed by atoms with Crippen LogP contribution in [-0.2, 0) is 6.54 Å². The minimum Gasteiger partial charge on any atom is -0.334 e. The molecule has 0 bridgehead atoms. The minimum atomic E-state index is 0.766. The lowest BCUT2D eigenvalue weighted by Crippen LogP contribution is -2.17. The van der Waals surface area contributed by atoms with Gasteiger partial charge in [0.15, 0.2) is 0 Å². The summed E-state index contributed by atoms with van der Waals surface area (Å²) in [7, 11) is 0. The Morgan fingerprint density at radius 1 is 1.50 bits per heavy atom. The molecule has 0 amide bonds. The van der Waals surface area contributed by atoms with Crippen LogP contribution in [0.3, 0.4) is 0 Å². The number of imidazole rings is 1. The first-order chi connectivity index (χ1) is 6.68. The fourth-order valence-electron chi connectivity index (χ4n) is 2.09. The highest BCUT2D eigenvalue weighted by Gasteiger charge is 2.23. The highest BCUT2D eigenvalue weighted by molar-refractivity contribution is 5.08. The first-order valence-corrected chi connectivity index (χ1v) is 5.37. The topological polar surface area (TPSA) is 29.9 Å². The molecule has 3 nitrogen and oxygen atoms in total. The second-order valence-electron chi connectivity index (χ2n) is 4.46. The number of rotatable bonds is 2. The van der Waals surface area contributed by atoms with E-state index in [1.165, 1.54) is 5.69 Å². The molecule has 14 heavy (non-hydrogen) atoms. The number of hydrogen-bond donors (Lipinski definition) is 1. The minimum absolute atomic E-state index is 0.766. The molecule has 0 saturated carbocycles. The molecule has 1 fully saturated rings. The quantitative estimate of drug-likeness (QED) is 0.768. The summed E-state index contributed by atoms with van der Waals surface area (Å²) in [6.07, 6.45) is 1.97. The van der Waals surface area contributed by atoms with Gasteiger partial charge in [-0.05, 0) is 38.8 Å². The van der Waals surface area contributed by atoms with Crippen LogP contribution >= 0.6 is 0 Å². The molecule has 1 saturated heterocycles. The Morgan fingerprint density at radius 3 is 2.79 bits per heavy atom. The molecule has 1 aliphatic rings. The standard InChI is InChI=1S/C11H19N3/c1-8-4-12-5-11(8)6-14-7-13-9(2)10(14)3/h7-8,11-12H,4-6H2,1-3H3/t8-,11+/m1/s1. The third kappa shape index (κ3) is 1.69. The Balaban J connectivity index is 2.07. The zero-order valence-corrected chi connectivity index (χ0v) is 9.25. The van der Waals surface area contributed by atoms with Gasteiger partial charge < -0.3 is 9.88 Å². The van der Waals surface area contributed by atoms with Crippen molar-refractivity contribution < 1.29 is 0 Å². The summed E-state index contributed by atoms with van der Waals surface area (Å²) >= 11 is 0. The van der Waals surface area contributed by atoms with Crippen molar-refractivity contribution in [1.29, 1.82) is 0 Å². The van der Waals surface area contributed by atoms with E-state index in [1.54, 1.807) is 0 Å². The van der Waals surface area contributed by atoms with E-state index in [0.29, 0.717) is 0 Å². The molecule has 3 heteroatoms. The van der Waals surface area contributed by atoms with Gasteiger partial charge >= 0.3 is 0 Å². The average Bonchev–Trinajstić information content (AvgIpc) is 2.68. The van der Waals surface area contributed by atoms with Crippen LogP contribution < -0.4 is 5.32 Å². The fraction of sp³-hybridized carbons (Fsp3) is 0.727. The summed E-state index contributed by atoms with van der Waals surface area (Å²) in [5.41, 5.74) is 2.47. The molecule has 1 N–H and O–H groups in total. The van der Waals surface area contributed by atoms with E-state index < -0.39 is 0 Å². The van der Waals surface area contributed by atoms with E-state index in [2.05, 4.69) is 35.6 Å². The Kier molecular flexibility index (Phi) is 2.59. The lowest BCUT2D eigenvalue weighted by molar-refractivity contribution is 0.388. The fourth-order valence-corrected chi connectivity index (χ4v) is 2.09. The van der Waals surface area contributed by atoms with Crippen LogP contribution in [0.5, 0.6) is 0 Å². The van der Waals surface area contributed by atoms with Gasteiger partial charge in [-0.25, -0.2) is 4.98 Å². The largest absolute Gasteiger partial charge is 0.334 e. The maximum absolute atomic E-state index is 4.33. The summed E-state index contributed by atoms with van der Waals surface area (Å²) in [5.74, 6) is 1.56. The molecule has 1 aliphatic heterocycles. The van der Waals surface area contributed by atoms with Gasteiger partial charge in [-0.3, -0.25) is 0 Å². The maximum Gasteiger partial charge on any atom is 0.0951 e. The zero-order valence-electron chi connectivity index (χ0n) is 9.25. The van der Waals surface area contributed by atoms with E-state index in [4.69, 9.17) is 0 Å². The average molecular weight is 193 g/mol. The number of aryl methyl sites for hydroxylation is 1. The zero-order chi connectivity index (χ0) is 10.1. The molecule has 0 radical (unpaired) electrons. The van der Waals surface area contributed by atoms with Gasteiger partial charge in [-0.1, -0.05) is 6.92 Å². The SMILES string of the molecule is Cc1ncn(C[C@@H]2CNC[C@H]2C)c1C. The van der Waals surface area contributed by atoms with E-state index in [-0.39, 0.29) is 0 Å². The van der Waals surface area contributed by atoms with E-state index in [1.807, 2.05) is 6.33 Å². The summed E-state index contributed by atoms with van der Waals surface area (Å²) in [5, 5.41) is 3.43. The van der Waals surface area contributed by atoms with Crippen LogP contribution in [0.4, 0.5) is 0 Å². The first kappa shape index (κ1) is 9.71. The van der Waals surface area contributed by atoms with Crippen molar-refractivity contribution in [2.45, 2.75) is 27.3 Å². The number of nitrogens with one attached hydrogen (secondary N) is 1. The van der Waals surface area contributed by atoms with E-state index in [9.17, 15) is 0 Å². The van der Waals surface area contributed by atoms with Crippen LogP contribution in [0.15, 0.2) is 6.33 Å². The monoisotopic (exact) mass is 193 g/mol. The third-order valence-electron chi connectivity index (χ3n) is 3.45. The number of aromatic nitrogens is 2. The molecular weight excluding hydrogens is 174 g/mol. The van der Waals surface area contributed by atoms with Gasteiger partial charge in [0.05, 0.1) is 12.0 Å². The number of hydrogen-bond acceptors (Lipinski definition) is 2. The molecule has 2 heterocycles. The van der Waals surface area contributed by atoms with Gasteiger partial charge in [-0.2, -0.15) is 0 Å². The molecule has 2 rings (SSSR count). The van der Waals surface area contributed by atoms with Gasteiger partial charge in [0.1, 0.15) is 0 Å². The Hall–Kier alpha value is -0.830. The second-order valence-corrected chi connectivity index (χ2v) is 4.46. The van der Waals surface area contributed by atoms with Crippen LogP contribution in [0.25, 0.3) is 0 Å². The van der Waals surface area contributed by atoms with Crippen LogP contribution in [-0.4, -0.2) is 22.6 Å². The Labute approximate surface area is 85.5 Å². The lowest BCUT2D eigenvalue weighted by atomic mass is 9.98. The predicted octanol–water partition coefficient (Wildman–Crippen LogP) is 1.36. The molecule has 0 aliphatic carbocycles. The Bertz CT molecular complexity index is 316. The van der Waals surface area contributed by atoms with Crippen molar-refractivity contribution in [3.05, 3.63) is 17.7 Å². The molecule has 78 valence electrons.